The van der Waals surface area contributed by atoms with E-state index >= 15 is 0 Å². The Morgan fingerprint density at radius 2 is 1.94 bits per heavy atom. The van der Waals surface area contributed by atoms with Crippen LogP contribution in [0.5, 0.6) is 0 Å². The molecule has 90 valence electrons. The third-order valence-electron chi connectivity index (χ3n) is 2.65. The van der Waals surface area contributed by atoms with Crippen LogP contribution in [0.2, 0.25) is 5.02 Å². The van der Waals surface area contributed by atoms with Gasteiger partial charge in [0, 0.05) is 25.8 Å². The third kappa shape index (κ3) is 2.10. The zero-order valence-corrected chi connectivity index (χ0v) is 9.87. The Bertz CT molecular complexity index is 492. The van der Waals surface area contributed by atoms with Crippen molar-refractivity contribution in [1.82, 2.24) is 4.90 Å². The van der Waals surface area contributed by atoms with Crippen molar-refractivity contribution in [2.24, 2.45) is 0 Å². The molecule has 1 fully saturated rings. The first-order chi connectivity index (χ1) is 8.00. The molecular formula is C11H10ClFN2O2. The van der Waals surface area contributed by atoms with Crippen molar-refractivity contribution < 1.29 is 14.0 Å². The minimum atomic E-state index is -0.624. The van der Waals surface area contributed by atoms with Gasteiger partial charge in [0.1, 0.15) is 5.82 Å². The number of likely N-dealkylation sites (N-methyl/N-ethyl adjacent to an activating group) is 1. The molecule has 17 heavy (non-hydrogen) atoms. The average Bonchev–Trinajstić information content (AvgIpc) is 2.30. The lowest BCUT2D eigenvalue weighted by molar-refractivity contribution is -0.145. The molecule has 0 unspecified atom stereocenters. The molecule has 4 nitrogen and oxygen atoms in total. The number of amides is 2. The summed E-state index contributed by atoms with van der Waals surface area (Å²) in [6.45, 7) is 0.822. The van der Waals surface area contributed by atoms with Gasteiger partial charge >= 0.3 is 11.8 Å². The fourth-order valence-electron chi connectivity index (χ4n) is 1.63. The molecule has 1 aromatic rings. The van der Waals surface area contributed by atoms with E-state index in [9.17, 15) is 14.0 Å². The van der Waals surface area contributed by atoms with Crippen LogP contribution < -0.4 is 4.90 Å². The van der Waals surface area contributed by atoms with Crippen LogP contribution in [0.3, 0.4) is 0 Å². The van der Waals surface area contributed by atoms with Crippen LogP contribution in [-0.4, -0.2) is 36.9 Å². The number of piperazine rings is 1. The van der Waals surface area contributed by atoms with Crippen LogP contribution in [0.4, 0.5) is 10.1 Å². The van der Waals surface area contributed by atoms with Gasteiger partial charge < -0.3 is 9.80 Å². The minimum Gasteiger partial charge on any atom is -0.336 e. The smallest absolute Gasteiger partial charge is 0.316 e. The highest BCUT2D eigenvalue weighted by Gasteiger charge is 2.31. The van der Waals surface area contributed by atoms with Crippen LogP contribution in [-0.2, 0) is 9.59 Å². The molecule has 0 spiro atoms. The number of anilines is 1. The topological polar surface area (TPSA) is 40.6 Å². The van der Waals surface area contributed by atoms with E-state index in [0.29, 0.717) is 18.8 Å². The summed E-state index contributed by atoms with van der Waals surface area (Å²) in [6.07, 6.45) is 0. The quantitative estimate of drug-likeness (QED) is 0.711. The lowest BCUT2D eigenvalue weighted by Crippen LogP contribution is -2.53. The summed E-state index contributed by atoms with van der Waals surface area (Å²) in [7, 11) is 1.56. The molecule has 0 bridgehead atoms. The predicted octanol–water partition coefficient (Wildman–Crippen LogP) is 1.28. The van der Waals surface area contributed by atoms with E-state index in [1.54, 1.807) is 7.05 Å². The Kier molecular flexibility index (Phi) is 3.02. The number of halogens is 2. The number of carbonyl (C=O) groups is 2. The van der Waals surface area contributed by atoms with Gasteiger partial charge in [0.15, 0.2) is 0 Å². The van der Waals surface area contributed by atoms with E-state index in [-0.39, 0.29) is 5.02 Å². The monoisotopic (exact) mass is 256 g/mol. The number of carbonyl (C=O) groups excluding carboxylic acids is 2. The van der Waals surface area contributed by atoms with Gasteiger partial charge in [-0.3, -0.25) is 9.59 Å². The summed E-state index contributed by atoms with van der Waals surface area (Å²) >= 11 is 5.64. The van der Waals surface area contributed by atoms with Gasteiger partial charge in [-0.15, -0.1) is 0 Å². The first kappa shape index (κ1) is 11.9. The molecule has 0 aromatic heterocycles. The van der Waals surface area contributed by atoms with Gasteiger partial charge in [0.05, 0.1) is 5.02 Å². The molecule has 2 amide bonds. The third-order valence-corrected chi connectivity index (χ3v) is 2.94. The van der Waals surface area contributed by atoms with Crippen LogP contribution in [0, 0.1) is 5.82 Å². The number of hydrogen-bond acceptors (Lipinski definition) is 2. The summed E-state index contributed by atoms with van der Waals surface area (Å²) in [4.78, 5) is 25.9. The minimum absolute atomic E-state index is 0.0679. The summed E-state index contributed by atoms with van der Waals surface area (Å²) < 4.78 is 13.0. The highest BCUT2D eigenvalue weighted by atomic mass is 35.5. The maximum Gasteiger partial charge on any atom is 0.316 e. The van der Waals surface area contributed by atoms with E-state index in [1.165, 1.54) is 28.0 Å². The van der Waals surface area contributed by atoms with E-state index in [4.69, 9.17) is 11.6 Å². The Labute approximate surface area is 103 Å². The van der Waals surface area contributed by atoms with E-state index in [1.807, 2.05) is 0 Å². The van der Waals surface area contributed by atoms with Gasteiger partial charge in [-0.05, 0) is 18.2 Å². The fraction of sp³-hybridized carbons (Fsp3) is 0.273. The summed E-state index contributed by atoms with van der Waals surface area (Å²) in [5.74, 6) is -1.75. The molecule has 6 heteroatoms. The molecule has 0 atom stereocenters. The normalized spacial score (nSPS) is 16.6. The van der Waals surface area contributed by atoms with Crippen molar-refractivity contribution in [2.75, 3.05) is 25.0 Å². The van der Waals surface area contributed by atoms with Gasteiger partial charge in [-0.1, -0.05) is 11.6 Å². The van der Waals surface area contributed by atoms with Crippen LogP contribution >= 0.6 is 11.6 Å². The molecule has 0 radical (unpaired) electrons. The van der Waals surface area contributed by atoms with Crippen LogP contribution in [0.25, 0.3) is 0 Å². The Hall–Kier alpha value is -1.62. The van der Waals surface area contributed by atoms with Crippen LogP contribution in [0.1, 0.15) is 0 Å². The van der Waals surface area contributed by atoms with E-state index < -0.39 is 17.6 Å². The maximum atomic E-state index is 13.0. The Morgan fingerprint density at radius 1 is 1.24 bits per heavy atom. The summed E-state index contributed by atoms with van der Waals surface area (Å²) in [6, 6.07) is 3.94. The lowest BCUT2D eigenvalue weighted by atomic mass is 10.2. The number of rotatable bonds is 1. The first-order valence-electron chi connectivity index (χ1n) is 5.02. The highest BCUT2D eigenvalue weighted by molar-refractivity contribution is 6.41. The fourth-order valence-corrected chi connectivity index (χ4v) is 1.81. The lowest BCUT2D eigenvalue weighted by Gasteiger charge is -2.31. The molecule has 0 saturated carbocycles. The van der Waals surface area contributed by atoms with Gasteiger partial charge in [0.25, 0.3) is 0 Å². The van der Waals surface area contributed by atoms with Gasteiger partial charge in [-0.25, -0.2) is 4.39 Å². The largest absolute Gasteiger partial charge is 0.336 e. The second-order valence-electron chi connectivity index (χ2n) is 3.78. The number of hydrogen-bond donors (Lipinski definition) is 0. The number of nitrogens with zero attached hydrogens (tertiary/aromatic N) is 2. The average molecular weight is 257 g/mol. The Balaban J connectivity index is 2.31. The molecule has 1 saturated heterocycles. The van der Waals surface area contributed by atoms with Gasteiger partial charge in [0.2, 0.25) is 0 Å². The zero-order chi connectivity index (χ0) is 12.6. The molecule has 1 heterocycles. The van der Waals surface area contributed by atoms with Crippen molar-refractivity contribution >= 4 is 29.1 Å². The van der Waals surface area contributed by atoms with Crippen molar-refractivity contribution in [3.05, 3.63) is 29.0 Å². The van der Waals surface area contributed by atoms with Crippen molar-refractivity contribution in [3.63, 3.8) is 0 Å². The standard InChI is InChI=1S/C11H10ClFN2O2/c1-14-4-5-15(11(17)10(14)16)7-2-3-9(13)8(12)6-7/h2-3,6H,4-5H2,1H3. The predicted molar refractivity (Wildman–Crippen MR) is 61.4 cm³/mol. The van der Waals surface area contributed by atoms with E-state index in [2.05, 4.69) is 0 Å². The molecule has 1 aliphatic heterocycles. The molecule has 1 aromatic carbocycles. The summed E-state index contributed by atoms with van der Waals surface area (Å²) in [5.41, 5.74) is 0.433. The second-order valence-corrected chi connectivity index (χ2v) is 4.19. The zero-order valence-electron chi connectivity index (χ0n) is 9.11. The summed E-state index contributed by atoms with van der Waals surface area (Å²) in [5, 5.41) is -0.0679. The number of benzene rings is 1. The SMILES string of the molecule is CN1CCN(c2ccc(F)c(Cl)c2)C(=O)C1=O. The first-order valence-corrected chi connectivity index (χ1v) is 5.40. The second kappa shape index (κ2) is 4.33. The molecule has 0 aliphatic carbocycles. The van der Waals surface area contributed by atoms with Crippen molar-refractivity contribution in [3.8, 4) is 0 Å². The van der Waals surface area contributed by atoms with Gasteiger partial charge in [-0.2, -0.15) is 0 Å². The maximum absolute atomic E-state index is 13.0. The van der Waals surface area contributed by atoms with E-state index in [0.717, 1.165) is 0 Å². The molecular weight excluding hydrogens is 247 g/mol. The Morgan fingerprint density at radius 3 is 2.59 bits per heavy atom. The molecule has 1 aliphatic rings. The van der Waals surface area contributed by atoms with Crippen molar-refractivity contribution in [2.45, 2.75) is 0 Å². The highest BCUT2D eigenvalue weighted by Crippen LogP contribution is 2.24. The van der Waals surface area contributed by atoms with Crippen molar-refractivity contribution in [1.29, 1.82) is 0 Å². The van der Waals surface area contributed by atoms with Crippen LogP contribution in [0.15, 0.2) is 18.2 Å². The molecule has 2 rings (SSSR count). The molecule has 0 N–H and O–H groups in total.